The molecule has 2 aromatic heterocycles. The molecule has 3 aromatic rings. The highest BCUT2D eigenvalue weighted by molar-refractivity contribution is 5.75. The van der Waals surface area contributed by atoms with Gasteiger partial charge in [-0.2, -0.15) is 0 Å². The van der Waals surface area contributed by atoms with Crippen molar-refractivity contribution in [2.75, 3.05) is 0 Å². The number of nitrogens with zero attached hydrogens (tertiary/aromatic N) is 4. The summed E-state index contributed by atoms with van der Waals surface area (Å²) in [5.41, 5.74) is 1.05. The number of aryl methyl sites for hydroxylation is 3. The Morgan fingerprint density at radius 1 is 1.16 bits per heavy atom. The number of fused-ring (bicyclic) bond motifs is 1. The average molecular weight is 262 g/mol. The van der Waals surface area contributed by atoms with Crippen LogP contribution in [0.25, 0.3) is 11.0 Å². The third-order valence-corrected chi connectivity index (χ3v) is 3.16. The number of hydrogen-bond acceptors (Lipinski definition) is 2. The fraction of sp³-hybridized carbons (Fsp3) is 0.231. The van der Waals surface area contributed by atoms with Gasteiger partial charge in [0.1, 0.15) is 5.82 Å². The predicted molar refractivity (Wildman–Crippen MR) is 66.6 cm³/mol. The van der Waals surface area contributed by atoms with Gasteiger partial charge in [0.15, 0.2) is 11.6 Å². The van der Waals surface area contributed by atoms with Gasteiger partial charge in [-0.3, -0.25) is 0 Å². The predicted octanol–water partition coefficient (Wildman–Crippen LogP) is 2.29. The van der Waals surface area contributed by atoms with E-state index in [1.165, 1.54) is 6.07 Å². The first-order chi connectivity index (χ1) is 9.15. The second kappa shape index (κ2) is 4.46. The molecular formula is C13H12F2N4. The van der Waals surface area contributed by atoms with Gasteiger partial charge >= 0.3 is 0 Å². The molecule has 0 saturated heterocycles. The van der Waals surface area contributed by atoms with Gasteiger partial charge in [0.05, 0.1) is 17.4 Å². The zero-order valence-corrected chi connectivity index (χ0v) is 10.3. The van der Waals surface area contributed by atoms with Gasteiger partial charge in [0, 0.05) is 44.5 Å². The van der Waals surface area contributed by atoms with Crippen LogP contribution in [0, 0.1) is 11.6 Å². The van der Waals surface area contributed by atoms with Crippen molar-refractivity contribution in [3.63, 3.8) is 0 Å². The molecule has 3 rings (SSSR count). The fourth-order valence-electron chi connectivity index (χ4n) is 2.09. The van der Waals surface area contributed by atoms with E-state index >= 15 is 0 Å². The van der Waals surface area contributed by atoms with Gasteiger partial charge in [-0.1, -0.05) is 0 Å². The number of benzene rings is 1. The first-order valence-electron chi connectivity index (χ1n) is 5.91. The summed E-state index contributed by atoms with van der Waals surface area (Å²) >= 11 is 0. The molecule has 1 aromatic carbocycles. The maximum atomic E-state index is 13.3. The van der Waals surface area contributed by atoms with Crippen LogP contribution in [-0.4, -0.2) is 19.1 Å². The van der Waals surface area contributed by atoms with E-state index in [-0.39, 0.29) is 0 Å². The smallest absolute Gasteiger partial charge is 0.161 e. The Balaban J connectivity index is 1.89. The second-order valence-corrected chi connectivity index (χ2v) is 4.40. The molecule has 0 saturated carbocycles. The van der Waals surface area contributed by atoms with Crippen molar-refractivity contribution in [2.24, 2.45) is 7.05 Å². The summed E-state index contributed by atoms with van der Waals surface area (Å²) in [5, 5.41) is 0. The van der Waals surface area contributed by atoms with Crippen molar-refractivity contribution < 1.29 is 8.78 Å². The summed E-state index contributed by atoms with van der Waals surface area (Å²) in [6, 6.07) is 2.29. The molecule has 6 heteroatoms. The molecular weight excluding hydrogens is 250 g/mol. The number of imidazole rings is 2. The zero-order valence-electron chi connectivity index (χ0n) is 10.3. The lowest BCUT2D eigenvalue weighted by Crippen LogP contribution is -2.05. The van der Waals surface area contributed by atoms with Crippen LogP contribution in [0.4, 0.5) is 8.78 Å². The van der Waals surface area contributed by atoms with Gasteiger partial charge in [-0.25, -0.2) is 18.7 Å². The first-order valence-corrected chi connectivity index (χ1v) is 5.91. The first kappa shape index (κ1) is 11.8. The number of aromatic nitrogens is 4. The third kappa shape index (κ3) is 2.09. The van der Waals surface area contributed by atoms with E-state index < -0.39 is 11.6 Å². The van der Waals surface area contributed by atoms with Gasteiger partial charge in [0.2, 0.25) is 0 Å². The van der Waals surface area contributed by atoms with Crippen LogP contribution in [0.15, 0.2) is 30.9 Å². The van der Waals surface area contributed by atoms with Crippen LogP contribution >= 0.6 is 0 Å². The lowest BCUT2D eigenvalue weighted by molar-refractivity contribution is 0.510. The largest absolute Gasteiger partial charge is 0.338 e. The molecule has 0 atom stereocenters. The van der Waals surface area contributed by atoms with E-state index in [0.717, 1.165) is 11.9 Å². The Morgan fingerprint density at radius 3 is 2.68 bits per heavy atom. The quantitative estimate of drug-likeness (QED) is 0.726. The van der Waals surface area contributed by atoms with Crippen molar-refractivity contribution in [1.82, 2.24) is 19.1 Å². The standard InChI is InChI=1S/C13H12F2N4/c1-18-5-3-16-13(18)2-4-19-8-17-11-6-9(14)10(15)7-12(11)19/h3,5-8H,2,4H2,1H3. The number of rotatable bonds is 3. The highest BCUT2D eigenvalue weighted by Crippen LogP contribution is 2.17. The van der Waals surface area contributed by atoms with Crippen LogP contribution in [0.1, 0.15) is 5.82 Å². The van der Waals surface area contributed by atoms with E-state index in [1.807, 2.05) is 17.8 Å². The lowest BCUT2D eigenvalue weighted by Gasteiger charge is -2.05. The van der Waals surface area contributed by atoms with Crippen molar-refractivity contribution in [3.05, 3.63) is 48.3 Å². The maximum absolute atomic E-state index is 13.3. The minimum atomic E-state index is -0.873. The van der Waals surface area contributed by atoms with E-state index in [4.69, 9.17) is 0 Å². The van der Waals surface area contributed by atoms with Gasteiger partial charge in [-0.15, -0.1) is 0 Å². The van der Waals surface area contributed by atoms with E-state index in [9.17, 15) is 8.78 Å². The SMILES string of the molecule is Cn1ccnc1CCn1cnc2cc(F)c(F)cc21. The van der Waals surface area contributed by atoms with E-state index in [0.29, 0.717) is 24.0 Å². The van der Waals surface area contributed by atoms with E-state index in [2.05, 4.69) is 9.97 Å². The molecule has 0 aliphatic carbocycles. The molecule has 19 heavy (non-hydrogen) atoms. The molecule has 0 N–H and O–H groups in total. The molecule has 0 amide bonds. The molecule has 98 valence electrons. The minimum Gasteiger partial charge on any atom is -0.338 e. The molecule has 0 aliphatic heterocycles. The number of halogens is 2. The van der Waals surface area contributed by atoms with Crippen molar-refractivity contribution in [2.45, 2.75) is 13.0 Å². The summed E-state index contributed by atoms with van der Waals surface area (Å²) in [7, 11) is 1.92. The molecule has 0 spiro atoms. The highest BCUT2D eigenvalue weighted by Gasteiger charge is 2.09. The second-order valence-electron chi connectivity index (χ2n) is 4.40. The lowest BCUT2D eigenvalue weighted by atomic mass is 10.3. The normalized spacial score (nSPS) is 11.3. The zero-order chi connectivity index (χ0) is 13.4. The van der Waals surface area contributed by atoms with Crippen LogP contribution in [0.2, 0.25) is 0 Å². The maximum Gasteiger partial charge on any atom is 0.161 e. The molecule has 0 fully saturated rings. The summed E-state index contributed by atoms with van der Waals surface area (Å²) in [4.78, 5) is 8.29. The topological polar surface area (TPSA) is 35.6 Å². The Morgan fingerprint density at radius 2 is 1.95 bits per heavy atom. The molecule has 4 nitrogen and oxygen atoms in total. The van der Waals surface area contributed by atoms with Crippen molar-refractivity contribution in [3.8, 4) is 0 Å². The van der Waals surface area contributed by atoms with Gasteiger partial charge in [0.25, 0.3) is 0 Å². The summed E-state index contributed by atoms with van der Waals surface area (Å²) < 4.78 is 30.1. The summed E-state index contributed by atoms with van der Waals surface area (Å²) in [6.45, 7) is 0.617. The Hall–Kier alpha value is -2.24. The third-order valence-electron chi connectivity index (χ3n) is 3.16. The van der Waals surface area contributed by atoms with Crippen LogP contribution in [-0.2, 0) is 20.0 Å². The highest BCUT2D eigenvalue weighted by atomic mass is 19.2. The molecule has 0 radical (unpaired) electrons. The van der Waals surface area contributed by atoms with E-state index in [1.54, 1.807) is 17.1 Å². The van der Waals surface area contributed by atoms with Crippen LogP contribution < -0.4 is 0 Å². The van der Waals surface area contributed by atoms with Crippen LogP contribution in [0.5, 0.6) is 0 Å². The van der Waals surface area contributed by atoms with Gasteiger partial charge < -0.3 is 9.13 Å². The Kier molecular flexibility index (Phi) is 2.77. The van der Waals surface area contributed by atoms with Crippen molar-refractivity contribution >= 4 is 11.0 Å². The molecule has 0 unspecified atom stereocenters. The summed E-state index contributed by atoms with van der Waals surface area (Å²) in [6.07, 6.45) is 5.90. The number of hydrogen-bond donors (Lipinski definition) is 0. The van der Waals surface area contributed by atoms with Crippen molar-refractivity contribution in [1.29, 1.82) is 0 Å². The Bertz CT molecular complexity index is 729. The fourth-order valence-corrected chi connectivity index (χ4v) is 2.09. The minimum absolute atomic E-state index is 0.457. The average Bonchev–Trinajstić information content (AvgIpc) is 2.95. The monoisotopic (exact) mass is 262 g/mol. The summed E-state index contributed by atoms with van der Waals surface area (Å²) in [5.74, 6) is -0.794. The molecule has 0 aliphatic rings. The van der Waals surface area contributed by atoms with Gasteiger partial charge in [-0.05, 0) is 0 Å². The van der Waals surface area contributed by atoms with Crippen LogP contribution in [0.3, 0.4) is 0 Å². The molecule has 0 bridgehead atoms. The molecule has 2 heterocycles. The Labute approximate surface area is 108 Å².